The molecule has 0 bridgehead atoms. The van der Waals surface area contributed by atoms with Crippen LogP contribution in [0.1, 0.15) is 92.4 Å². The number of Topliss-reactive ketones (excluding diaryl/α,β-unsaturated/α-hetero) is 1. The minimum atomic E-state index is -1.71. The second-order valence-corrected chi connectivity index (χ2v) is 13.9. The number of nitrogens with one attached hydrogen (secondary N) is 1. The zero-order valence-electron chi connectivity index (χ0n) is 25.1. The highest BCUT2D eigenvalue weighted by Gasteiger charge is 2.68. The van der Waals surface area contributed by atoms with Gasteiger partial charge in [-0.25, -0.2) is 9.59 Å². The highest BCUT2D eigenvalue weighted by molar-refractivity contribution is 5.92. The molecule has 4 rings (SSSR count). The second kappa shape index (κ2) is 11.7. The van der Waals surface area contributed by atoms with Gasteiger partial charge in [-0.05, 0) is 101 Å². The minimum Gasteiger partial charge on any atom is -0.444 e. The number of fused-ring (bicyclic) bond motifs is 5. The lowest BCUT2D eigenvalue weighted by atomic mass is 9.45. The number of aliphatic hydroxyl groups is 2. The molecule has 3 fully saturated rings. The molecular weight excluding hydrogens is 530 g/mol. The van der Waals surface area contributed by atoms with E-state index in [4.69, 9.17) is 14.2 Å². The molecule has 10 heteroatoms. The van der Waals surface area contributed by atoms with Gasteiger partial charge in [0.1, 0.15) is 11.2 Å². The monoisotopic (exact) mass is 577 g/mol. The predicted octanol–water partition coefficient (Wildman–Crippen LogP) is 4.25. The summed E-state index contributed by atoms with van der Waals surface area (Å²) in [7, 11) is 0. The molecule has 1 amide bonds. The van der Waals surface area contributed by atoms with Crippen LogP contribution in [0.4, 0.5) is 9.59 Å². The maximum absolute atomic E-state index is 13.3. The van der Waals surface area contributed by atoms with Gasteiger partial charge in [0.25, 0.3) is 0 Å². The number of alkyl carbamates (subject to hydrolysis) is 1. The molecule has 0 aromatic carbocycles. The van der Waals surface area contributed by atoms with Crippen molar-refractivity contribution < 1.29 is 43.6 Å². The molecule has 0 aromatic heterocycles. The van der Waals surface area contributed by atoms with Crippen LogP contribution in [0.25, 0.3) is 0 Å². The van der Waals surface area contributed by atoms with Crippen molar-refractivity contribution in [2.45, 2.75) is 110 Å². The number of allylic oxidation sites excluding steroid dienone is 1. The SMILES string of the molecule is CC(C)(C)OC(=O)NCCCCOC(=O)OCC(=O)[C@@]1(O)CC[C@H]2[C@@H]3CCC4=CC(=O)CC[C@]4(C)[C@H]3[C@@H](O)C[C@@]21C. The summed E-state index contributed by atoms with van der Waals surface area (Å²) in [5.74, 6) is -0.256. The lowest BCUT2D eigenvalue weighted by Crippen LogP contribution is -2.62. The van der Waals surface area contributed by atoms with Crippen LogP contribution >= 0.6 is 0 Å². The standard InChI is InChI=1S/C31H47NO9/c1-28(2,3)41-26(36)32-14-6-7-15-39-27(37)40-18-24(35)31(38)13-11-22-21-9-8-19-16-20(33)10-12-29(19,4)25(21)23(34)17-30(22,31)5/h16,21-23,25,34,38H,6-15,17-18H2,1-5H3,(H,32,36)/t21-,22-,23-,25+,29-,30-,31-/m0/s1. The van der Waals surface area contributed by atoms with E-state index in [2.05, 4.69) is 12.2 Å². The molecule has 4 aliphatic rings. The second-order valence-electron chi connectivity index (χ2n) is 13.9. The predicted molar refractivity (Wildman–Crippen MR) is 149 cm³/mol. The van der Waals surface area contributed by atoms with Gasteiger partial charge in [0.2, 0.25) is 5.78 Å². The van der Waals surface area contributed by atoms with Crippen molar-refractivity contribution in [2.24, 2.45) is 28.6 Å². The zero-order chi connectivity index (χ0) is 30.2. The van der Waals surface area contributed by atoms with E-state index < -0.39 is 47.4 Å². The van der Waals surface area contributed by atoms with E-state index in [1.54, 1.807) is 26.8 Å². The first kappa shape index (κ1) is 31.5. The Hall–Kier alpha value is -2.46. The average molecular weight is 578 g/mol. The summed E-state index contributed by atoms with van der Waals surface area (Å²) in [5.41, 5.74) is -2.25. The highest BCUT2D eigenvalue weighted by Crippen LogP contribution is 2.67. The Morgan fingerprint density at radius 3 is 2.51 bits per heavy atom. The van der Waals surface area contributed by atoms with Crippen molar-refractivity contribution in [3.63, 3.8) is 0 Å². The smallest absolute Gasteiger partial charge is 0.444 e. The Bertz CT molecular complexity index is 1080. The van der Waals surface area contributed by atoms with Crippen LogP contribution in [0.2, 0.25) is 0 Å². The van der Waals surface area contributed by atoms with E-state index in [1.807, 2.05) is 6.92 Å². The van der Waals surface area contributed by atoms with Crippen molar-refractivity contribution in [2.75, 3.05) is 19.8 Å². The quantitative estimate of drug-likeness (QED) is 0.284. The van der Waals surface area contributed by atoms with Gasteiger partial charge in [0.15, 0.2) is 12.4 Å². The Balaban J connectivity index is 1.27. The number of rotatable bonds is 8. The number of hydrogen-bond acceptors (Lipinski definition) is 9. The summed E-state index contributed by atoms with van der Waals surface area (Å²) >= 11 is 0. The van der Waals surface area contributed by atoms with Gasteiger partial charge in [0.05, 0.1) is 12.7 Å². The molecule has 0 aromatic rings. The molecule has 7 atom stereocenters. The van der Waals surface area contributed by atoms with Crippen LogP contribution in [0.3, 0.4) is 0 Å². The molecule has 0 aliphatic heterocycles. The van der Waals surface area contributed by atoms with Gasteiger partial charge in [0, 0.05) is 18.4 Å². The van der Waals surface area contributed by atoms with Crippen molar-refractivity contribution in [3.8, 4) is 0 Å². The topological polar surface area (TPSA) is 148 Å². The maximum Gasteiger partial charge on any atom is 0.508 e. The van der Waals surface area contributed by atoms with Gasteiger partial charge in [-0.2, -0.15) is 0 Å². The number of carbonyl (C=O) groups excluding carboxylic acids is 4. The summed E-state index contributed by atoms with van der Waals surface area (Å²) in [6.45, 7) is 9.21. The van der Waals surface area contributed by atoms with E-state index in [9.17, 15) is 29.4 Å². The van der Waals surface area contributed by atoms with Gasteiger partial charge in [-0.1, -0.05) is 19.4 Å². The van der Waals surface area contributed by atoms with Crippen LogP contribution in [0.5, 0.6) is 0 Å². The lowest BCUT2D eigenvalue weighted by Gasteiger charge is -2.60. The van der Waals surface area contributed by atoms with E-state index >= 15 is 0 Å². The third kappa shape index (κ3) is 6.19. The van der Waals surface area contributed by atoms with Crippen LogP contribution in [0.15, 0.2) is 11.6 Å². The molecule has 3 saturated carbocycles. The summed E-state index contributed by atoms with van der Waals surface area (Å²) in [6, 6.07) is 0. The largest absolute Gasteiger partial charge is 0.508 e. The first-order valence-electron chi connectivity index (χ1n) is 15.0. The third-order valence-electron chi connectivity index (χ3n) is 10.3. The first-order chi connectivity index (χ1) is 19.1. The molecule has 0 spiro atoms. The van der Waals surface area contributed by atoms with Crippen molar-refractivity contribution >= 4 is 23.8 Å². The summed E-state index contributed by atoms with van der Waals surface area (Å²) in [6.07, 6.45) is 4.61. The number of ketones is 2. The molecular formula is C31H47NO9. The number of hydrogen-bond donors (Lipinski definition) is 3. The molecule has 0 unspecified atom stereocenters. The Labute approximate surface area is 242 Å². The zero-order valence-corrected chi connectivity index (χ0v) is 25.1. The highest BCUT2D eigenvalue weighted by atomic mass is 16.7. The summed E-state index contributed by atoms with van der Waals surface area (Å²) in [5, 5.41) is 25.9. The molecule has 0 saturated heterocycles. The van der Waals surface area contributed by atoms with Crippen LogP contribution < -0.4 is 5.32 Å². The number of amides is 1. The fraction of sp³-hybridized carbons (Fsp3) is 0.806. The summed E-state index contributed by atoms with van der Waals surface area (Å²) in [4.78, 5) is 49.2. The number of ether oxygens (including phenoxy) is 3. The fourth-order valence-corrected chi connectivity index (χ4v) is 8.32. The normalized spacial score (nSPS) is 36.3. The van der Waals surface area contributed by atoms with Gasteiger partial charge >= 0.3 is 12.2 Å². The van der Waals surface area contributed by atoms with Gasteiger partial charge in [-0.15, -0.1) is 0 Å². The van der Waals surface area contributed by atoms with Gasteiger partial charge < -0.3 is 29.7 Å². The van der Waals surface area contributed by atoms with Gasteiger partial charge in [-0.3, -0.25) is 9.59 Å². The molecule has 0 heterocycles. The Morgan fingerprint density at radius 2 is 1.80 bits per heavy atom. The molecule has 0 radical (unpaired) electrons. The Kier molecular flexibility index (Phi) is 8.96. The average Bonchev–Trinajstić information content (AvgIpc) is 3.14. The number of carbonyl (C=O) groups is 4. The van der Waals surface area contributed by atoms with Crippen LogP contribution in [-0.4, -0.2) is 71.1 Å². The third-order valence-corrected chi connectivity index (χ3v) is 10.3. The van der Waals surface area contributed by atoms with Crippen molar-refractivity contribution in [1.82, 2.24) is 5.32 Å². The molecule has 3 N–H and O–H groups in total. The lowest BCUT2D eigenvalue weighted by molar-refractivity contribution is -0.182. The van der Waals surface area contributed by atoms with Crippen LogP contribution in [0, 0.1) is 28.6 Å². The van der Waals surface area contributed by atoms with Crippen LogP contribution in [-0.2, 0) is 23.8 Å². The number of aliphatic hydroxyl groups excluding tert-OH is 1. The van der Waals surface area contributed by atoms with Crippen molar-refractivity contribution in [3.05, 3.63) is 11.6 Å². The molecule has 4 aliphatic carbocycles. The van der Waals surface area contributed by atoms with E-state index in [0.717, 1.165) is 24.8 Å². The molecule has 10 nitrogen and oxygen atoms in total. The summed E-state index contributed by atoms with van der Waals surface area (Å²) < 4.78 is 15.3. The molecule has 230 valence electrons. The first-order valence-corrected chi connectivity index (χ1v) is 15.0. The van der Waals surface area contributed by atoms with E-state index in [1.165, 1.54) is 0 Å². The fourth-order valence-electron chi connectivity index (χ4n) is 8.32. The minimum absolute atomic E-state index is 0.0170. The van der Waals surface area contributed by atoms with Crippen molar-refractivity contribution in [1.29, 1.82) is 0 Å². The van der Waals surface area contributed by atoms with E-state index in [-0.39, 0.29) is 48.4 Å². The molecule has 41 heavy (non-hydrogen) atoms. The van der Waals surface area contributed by atoms with E-state index in [0.29, 0.717) is 32.2 Å². The maximum atomic E-state index is 13.3. The Morgan fingerprint density at radius 1 is 1.07 bits per heavy atom. The number of unbranched alkanes of at least 4 members (excludes halogenated alkanes) is 1.